The first-order valence-electron chi connectivity index (χ1n) is 14.8. The van der Waals surface area contributed by atoms with Gasteiger partial charge < -0.3 is 0 Å². The average molecular weight is 562 g/mol. The van der Waals surface area contributed by atoms with Gasteiger partial charge in [0.1, 0.15) is 0 Å². The molecule has 0 bridgehead atoms. The molecule has 206 valence electrons. The second kappa shape index (κ2) is 11.0. The number of hydrogen-bond donors (Lipinski definition) is 0. The van der Waals surface area contributed by atoms with Gasteiger partial charge in [0.15, 0.2) is 17.5 Å². The standard InChI is InChI=1S/C41H27N3/c1-3-11-28(12-4-1)32-17-9-19-35(26-32)39-42-40(36-22-21-30-15-7-8-16-31(30)27-36)44-41(43-39)38-20-10-18-34-25-33(23-24-37(34)38)29-13-5-2-6-14-29/h1-27H. The maximum Gasteiger partial charge on any atom is 0.164 e. The first-order chi connectivity index (χ1) is 21.8. The number of hydrogen-bond acceptors (Lipinski definition) is 3. The van der Waals surface area contributed by atoms with Crippen LogP contribution in [-0.2, 0) is 0 Å². The zero-order valence-corrected chi connectivity index (χ0v) is 23.9. The summed E-state index contributed by atoms with van der Waals surface area (Å²) in [6.07, 6.45) is 0. The van der Waals surface area contributed by atoms with E-state index in [9.17, 15) is 0 Å². The molecule has 0 saturated heterocycles. The summed E-state index contributed by atoms with van der Waals surface area (Å²) in [5, 5.41) is 4.58. The van der Waals surface area contributed by atoms with Gasteiger partial charge >= 0.3 is 0 Å². The number of fused-ring (bicyclic) bond motifs is 2. The average Bonchev–Trinajstić information content (AvgIpc) is 3.11. The van der Waals surface area contributed by atoms with Crippen LogP contribution in [0.25, 0.3) is 78.0 Å². The minimum absolute atomic E-state index is 0.647. The molecule has 0 unspecified atom stereocenters. The van der Waals surface area contributed by atoms with E-state index in [1.165, 1.54) is 16.5 Å². The molecule has 3 heteroatoms. The van der Waals surface area contributed by atoms with Gasteiger partial charge in [-0.3, -0.25) is 0 Å². The minimum atomic E-state index is 0.647. The van der Waals surface area contributed by atoms with Gasteiger partial charge in [0, 0.05) is 16.7 Å². The van der Waals surface area contributed by atoms with Crippen molar-refractivity contribution < 1.29 is 0 Å². The molecular weight excluding hydrogens is 534 g/mol. The smallest absolute Gasteiger partial charge is 0.164 e. The molecule has 0 aliphatic heterocycles. The number of nitrogens with zero attached hydrogens (tertiary/aromatic N) is 3. The molecular formula is C41H27N3. The molecule has 8 aromatic rings. The summed E-state index contributed by atoms with van der Waals surface area (Å²) in [6.45, 7) is 0. The molecule has 0 aliphatic rings. The molecule has 0 atom stereocenters. The van der Waals surface area contributed by atoms with Gasteiger partial charge in [0.2, 0.25) is 0 Å². The Bertz CT molecular complexity index is 2270. The molecule has 0 saturated carbocycles. The van der Waals surface area contributed by atoms with Crippen molar-refractivity contribution >= 4 is 21.5 Å². The molecule has 44 heavy (non-hydrogen) atoms. The van der Waals surface area contributed by atoms with Crippen LogP contribution in [0.4, 0.5) is 0 Å². The lowest BCUT2D eigenvalue weighted by Gasteiger charge is -2.12. The van der Waals surface area contributed by atoms with Gasteiger partial charge in [-0.25, -0.2) is 15.0 Å². The Morgan fingerprint density at radius 1 is 0.273 bits per heavy atom. The van der Waals surface area contributed by atoms with Crippen LogP contribution in [-0.4, -0.2) is 15.0 Å². The van der Waals surface area contributed by atoms with Crippen LogP contribution in [0.1, 0.15) is 0 Å². The van der Waals surface area contributed by atoms with Crippen LogP contribution >= 0.6 is 0 Å². The SMILES string of the molecule is c1ccc(-c2cccc(-c3nc(-c4ccc5ccccc5c4)nc(-c4cccc5cc(-c6ccccc6)ccc45)n3)c2)cc1. The third-order valence-corrected chi connectivity index (χ3v) is 8.10. The highest BCUT2D eigenvalue weighted by atomic mass is 15.0. The van der Waals surface area contributed by atoms with Gasteiger partial charge in [-0.05, 0) is 62.0 Å². The molecule has 0 N–H and O–H groups in total. The molecule has 7 aromatic carbocycles. The highest BCUT2D eigenvalue weighted by Gasteiger charge is 2.15. The van der Waals surface area contributed by atoms with E-state index < -0.39 is 0 Å². The van der Waals surface area contributed by atoms with E-state index in [2.05, 4.69) is 152 Å². The van der Waals surface area contributed by atoms with Crippen LogP contribution in [0.5, 0.6) is 0 Å². The van der Waals surface area contributed by atoms with Gasteiger partial charge in [0.05, 0.1) is 0 Å². The van der Waals surface area contributed by atoms with Crippen LogP contribution < -0.4 is 0 Å². The third kappa shape index (κ3) is 4.91. The zero-order valence-electron chi connectivity index (χ0n) is 23.9. The predicted molar refractivity (Wildman–Crippen MR) is 182 cm³/mol. The van der Waals surface area contributed by atoms with E-state index in [4.69, 9.17) is 15.0 Å². The molecule has 1 heterocycles. The van der Waals surface area contributed by atoms with E-state index in [0.29, 0.717) is 17.5 Å². The maximum absolute atomic E-state index is 5.11. The Balaban J connectivity index is 1.31. The molecule has 0 aliphatic carbocycles. The van der Waals surface area contributed by atoms with E-state index in [1.54, 1.807) is 0 Å². The largest absolute Gasteiger partial charge is 0.208 e. The highest BCUT2D eigenvalue weighted by Crippen LogP contribution is 2.33. The lowest BCUT2D eigenvalue weighted by molar-refractivity contribution is 1.08. The van der Waals surface area contributed by atoms with E-state index >= 15 is 0 Å². The number of aromatic nitrogens is 3. The first-order valence-corrected chi connectivity index (χ1v) is 14.8. The maximum atomic E-state index is 5.11. The normalized spacial score (nSPS) is 11.2. The van der Waals surface area contributed by atoms with Crippen molar-refractivity contribution in [3.8, 4) is 56.4 Å². The fourth-order valence-electron chi connectivity index (χ4n) is 5.84. The van der Waals surface area contributed by atoms with Crippen molar-refractivity contribution in [1.29, 1.82) is 0 Å². The Labute approximate surface area is 256 Å². The molecule has 1 aromatic heterocycles. The Kier molecular flexibility index (Phi) is 6.47. The summed E-state index contributed by atoms with van der Waals surface area (Å²) in [5.41, 5.74) is 7.54. The van der Waals surface area contributed by atoms with Gasteiger partial charge in [0.25, 0.3) is 0 Å². The Morgan fingerprint density at radius 3 is 1.52 bits per heavy atom. The van der Waals surface area contributed by atoms with Crippen LogP contribution in [0.2, 0.25) is 0 Å². The summed E-state index contributed by atoms with van der Waals surface area (Å²) in [7, 11) is 0. The van der Waals surface area contributed by atoms with Gasteiger partial charge in [-0.15, -0.1) is 0 Å². The summed E-state index contributed by atoms with van der Waals surface area (Å²) in [5.74, 6) is 1.95. The molecule has 0 spiro atoms. The monoisotopic (exact) mass is 561 g/mol. The quantitative estimate of drug-likeness (QED) is 0.210. The summed E-state index contributed by atoms with van der Waals surface area (Å²) in [6, 6.07) is 57.0. The van der Waals surface area contributed by atoms with Crippen molar-refractivity contribution in [2.24, 2.45) is 0 Å². The van der Waals surface area contributed by atoms with Gasteiger partial charge in [-0.1, -0.05) is 146 Å². The topological polar surface area (TPSA) is 38.7 Å². The fourth-order valence-corrected chi connectivity index (χ4v) is 5.84. The van der Waals surface area contributed by atoms with Crippen molar-refractivity contribution in [3.63, 3.8) is 0 Å². The molecule has 0 radical (unpaired) electrons. The van der Waals surface area contributed by atoms with Crippen LogP contribution in [0, 0.1) is 0 Å². The second-order valence-corrected chi connectivity index (χ2v) is 10.9. The van der Waals surface area contributed by atoms with Crippen LogP contribution in [0.3, 0.4) is 0 Å². The summed E-state index contributed by atoms with van der Waals surface area (Å²) in [4.78, 5) is 15.3. The number of rotatable bonds is 5. The molecule has 0 fully saturated rings. The van der Waals surface area contributed by atoms with Crippen LogP contribution in [0.15, 0.2) is 164 Å². The van der Waals surface area contributed by atoms with E-state index in [-0.39, 0.29) is 0 Å². The summed E-state index contributed by atoms with van der Waals surface area (Å²) >= 11 is 0. The van der Waals surface area contributed by atoms with Gasteiger partial charge in [-0.2, -0.15) is 0 Å². The third-order valence-electron chi connectivity index (χ3n) is 8.10. The van der Waals surface area contributed by atoms with Crippen molar-refractivity contribution in [2.75, 3.05) is 0 Å². The van der Waals surface area contributed by atoms with E-state index in [1.807, 2.05) is 12.1 Å². The second-order valence-electron chi connectivity index (χ2n) is 10.9. The zero-order chi connectivity index (χ0) is 29.3. The Morgan fingerprint density at radius 2 is 0.773 bits per heavy atom. The van der Waals surface area contributed by atoms with E-state index in [0.717, 1.165) is 44.0 Å². The Hall–Kier alpha value is -5.93. The molecule has 8 rings (SSSR count). The van der Waals surface area contributed by atoms with Crippen molar-refractivity contribution in [2.45, 2.75) is 0 Å². The highest BCUT2D eigenvalue weighted by molar-refractivity contribution is 5.98. The predicted octanol–water partition coefficient (Wildman–Crippen LogP) is 10.5. The number of benzene rings is 7. The minimum Gasteiger partial charge on any atom is -0.208 e. The lowest BCUT2D eigenvalue weighted by atomic mass is 9.98. The van der Waals surface area contributed by atoms with Crippen molar-refractivity contribution in [1.82, 2.24) is 15.0 Å². The van der Waals surface area contributed by atoms with Crippen molar-refractivity contribution in [3.05, 3.63) is 164 Å². The molecule has 3 nitrogen and oxygen atoms in total. The summed E-state index contributed by atoms with van der Waals surface area (Å²) < 4.78 is 0. The lowest BCUT2D eigenvalue weighted by Crippen LogP contribution is -2.01. The fraction of sp³-hybridized carbons (Fsp3) is 0. The molecule has 0 amide bonds. The first kappa shape index (κ1) is 25.8.